The van der Waals surface area contributed by atoms with E-state index in [1.54, 1.807) is 31.2 Å². The summed E-state index contributed by atoms with van der Waals surface area (Å²) in [5.74, 6) is 1.34. The molecule has 150 valence electrons. The zero-order valence-electron chi connectivity index (χ0n) is 16.3. The van der Waals surface area contributed by atoms with Gasteiger partial charge in [-0.3, -0.25) is 9.10 Å². The Morgan fingerprint density at radius 1 is 1.07 bits per heavy atom. The molecule has 2 fully saturated rings. The molecule has 7 heteroatoms. The molecule has 2 aliphatic rings. The monoisotopic (exact) mass is 393 g/mol. The van der Waals surface area contributed by atoms with E-state index in [9.17, 15) is 13.2 Å². The molecule has 0 radical (unpaired) electrons. The summed E-state index contributed by atoms with van der Waals surface area (Å²) in [6.45, 7) is 5.34. The molecule has 2 saturated heterocycles. The molecule has 0 aliphatic carbocycles. The van der Waals surface area contributed by atoms with Crippen molar-refractivity contribution in [2.24, 2.45) is 11.8 Å². The van der Waals surface area contributed by atoms with Crippen LogP contribution in [0.5, 0.6) is 0 Å². The molecule has 6 nitrogen and oxygen atoms in total. The summed E-state index contributed by atoms with van der Waals surface area (Å²) < 4.78 is 26.0. The van der Waals surface area contributed by atoms with Gasteiger partial charge in [-0.1, -0.05) is 18.2 Å². The Kier molecular flexibility index (Phi) is 6.42. The molecule has 0 bridgehead atoms. The number of likely N-dealkylation sites (tertiary alicyclic amines) is 1. The molecule has 2 aliphatic heterocycles. The number of rotatable bonds is 5. The van der Waals surface area contributed by atoms with Crippen LogP contribution in [0, 0.1) is 11.8 Å². The van der Waals surface area contributed by atoms with E-state index in [-0.39, 0.29) is 5.91 Å². The van der Waals surface area contributed by atoms with Crippen LogP contribution in [-0.2, 0) is 14.8 Å². The second-order valence-electron chi connectivity index (χ2n) is 7.82. The summed E-state index contributed by atoms with van der Waals surface area (Å²) in [6, 6.07) is 8.13. The average Bonchev–Trinajstić information content (AvgIpc) is 2.68. The van der Waals surface area contributed by atoms with Gasteiger partial charge in [0.05, 0.1) is 11.9 Å². The number of benzene rings is 1. The molecule has 27 heavy (non-hydrogen) atoms. The van der Waals surface area contributed by atoms with E-state index in [0.717, 1.165) is 51.2 Å². The van der Waals surface area contributed by atoms with Crippen LogP contribution in [0.4, 0.5) is 5.69 Å². The summed E-state index contributed by atoms with van der Waals surface area (Å²) in [6.07, 6.45) is 5.66. The largest absolute Gasteiger partial charge is 0.341 e. The molecule has 0 spiro atoms. The molecule has 0 saturated carbocycles. The molecule has 1 aromatic rings. The van der Waals surface area contributed by atoms with E-state index in [1.807, 2.05) is 11.0 Å². The molecular formula is C20H31N3O3S. The van der Waals surface area contributed by atoms with Crippen molar-refractivity contribution in [3.63, 3.8) is 0 Å². The Bertz CT molecular complexity index is 724. The number of para-hydroxylation sites is 1. The predicted octanol–water partition coefficient (Wildman–Crippen LogP) is 2.08. The number of carbonyl (C=O) groups excluding carboxylic acids is 1. The fourth-order valence-electron chi connectivity index (χ4n) is 4.55. The number of anilines is 1. The first-order chi connectivity index (χ1) is 12.9. The number of nitrogens with one attached hydrogen (secondary N) is 1. The Morgan fingerprint density at radius 2 is 1.63 bits per heavy atom. The van der Waals surface area contributed by atoms with Gasteiger partial charge in [0.25, 0.3) is 0 Å². The molecule has 3 rings (SSSR count). The van der Waals surface area contributed by atoms with Crippen molar-refractivity contribution in [1.29, 1.82) is 0 Å². The van der Waals surface area contributed by atoms with Crippen molar-refractivity contribution in [2.75, 3.05) is 36.7 Å². The maximum absolute atomic E-state index is 13.1. The summed E-state index contributed by atoms with van der Waals surface area (Å²) in [5.41, 5.74) is 0.533. The third-order valence-electron chi connectivity index (χ3n) is 5.98. The Labute approximate surface area is 163 Å². The van der Waals surface area contributed by atoms with Gasteiger partial charge in [0.2, 0.25) is 15.9 Å². The van der Waals surface area contributed by atoms with Crippen LogP contribution in [-0.4, -0.2) is 57.7 Å². The van der Waals surface area contributed by atoms with Crippen LogP contribution >= 0.6 is 0 Å². The lowest BCUT2D eigenvalue weighted by Gasteiger charge is -2.39. The first kappa shape index (κ1) is 20.1. The minimum Gasteiger partial charge on any atom is -0.341 e. The third kappa shape index (κ3) is 4.82. The first-order valence-corrected chi connectivity index (χ1v) is 11.8. The van der Waals surface area contributed by atoms with Gasteiger partial charge in [-0.15, -0.1) is 0 Å². The van der Waals surface area contributed by atoms with E-state index in [1.165, 1.54) is 17.1 Å². The molecule has 1 aromatic carbocycles. The highest BCUT2D eigenvalue weighted by atomic mass is 32.2. The van der Waals surface area contributed by atoms with E-state index in [2.05, 4.69) is 5.32 Å². The van der Waals surface area contributed by atoms with Gasteiger partial charge in [-0.25, -0.2) is 8.42 Å². The highest BCUT2D eigenvalue weighted by Gasteiger charge is 2.35. The van der Waals surface area contributed by atoms with E-state index >= 15 is 0 Å². The maximum atomic E-state index is 13.1. The number of hydrogen-bond acceptors (Lipinski definition) is 4. The summed E-state index contributed by atoms with van der Waals surface area (Å²) in [7, 11) is -3.55. The number of carbonyl (C=O) groups is 1. The van der Waals surface area contributed by atoms with Crippen molar-refractivity contribution in [2.45, 2.75) is 38.6 Å². The fraction of sp³-hybridized carbons (Fsp3) is 0.650. The number of sulfonamides is 1. The quantitative estimate of drug-likeness (QED) is 0.832. The minimum absolute atomic E-state index is 0.104. The van der Waals surface area contributed by atoms with Gasteiger partial charge in [0.15, 0.2) is 0 Å². The average molecular weight is 394 g/mol. The van der Waals surface area contributed by atoms with Crippen LogP contribution in [0.25, 0.3) is 0 Å². The highest BCUT2D eigenvalue weighted by Crippen LogP contribution is 2.31. The van der Waals surface area contributed by atoms with Gasteiger partial charge in [-0.05, 0) is 69.7 Å². The Balaban J connectivity index is 1.66. The lowest BCUT2D eigenvalue weighted by atomic mass is 9.79. The predicted molar refractivity (Wildman–Crippen MR) is 108 cm³/mol. The topological polar surface area (TPSA) is 69.7 Å². The van der Waals surface area contributed by atoms with Crippen molar-refractivity contribution >= 4 is 21.6 Å². The highest BCUT2D eigenvalue weighted by molar-refractivity contribution is 7.92. The van der Waals surface area contributed by atoms with Crippen LogP contribution in [0.1, 0.15) is 32.6 Å². The lowest BCUT2D eigenvalue weighted by Crippen LogP contribution is -2.51. The van der Waals surface area contributed by atoms with Crippen molar-refractivity contribution in [3.05, 3.63) is 30.3 Å². The normalized spacial score (nSPS) is 21.0. The molecule has 1 atom stereocenters. The Hall–Kier alpha value is -1.60. The van der Waals surface area contributed by atoms with Crippen LogP contribution in [0.2, 0.25) is 0 Å². The smallest absolute Gasteiger partial charge is 0.246 e. The second-order valence-corrected chi connectivity index (χ2v) is 9.68. The van der Waals surface area contributed by atoms with Crippen LogP contribution in [0.15, 0.2) is 30.3 Å². The summed E-state index contributed by atoms with van der Waals surface area (Å²) >= 11 is 0. The van der Waals surface area contributed by atoms with E-state index in [4.69, 9.17) is 0 Å². The number of piperidine rings is 2. The molecule has 1 N–H and O–H groups in total. The van der Waals surface area contributed by atoms with Gasteiger partial charge in [0, 0.05) is 13.1 Å². The molecule has 0 aromatic heterocycles. The minimum atomic E-state index is -3.55. The van der Waals surface area contributed by atoms with Crippen LogP contribution in [0.3, 0.4) is 0 Å². The third-order valence-corrected chi connectivity index (χ3v) is 7.22. The molecule has 1 unspecified atom stereocenters. The number of hydrogen-bond donors (Lipinski definition) is 1. The number of nitrogens with zero attached hydrogens (tertiary/aromatic N) is 2. The van der Waals surface area contributed by atoms with Gasteiger partial charge in [0.1, 0.15) is 6.04 Å². The number of amides is 1. The maximum Gasteiger partial charge on any atom is 0.246 e. The molecular weight excluding hydrogens is 362 g/mol. The van der Waals surface area contributed by atoms with Crippen molar-refractivity contribution in [3.8, 4) is 0 Å². The van der Waals surface area contributed by atoms with Gasteiger partial charge in [-0.2, -0.15) is 0 Å². The zero-order valence-corrected chi connectivity index (χ0v) is 17.1. The molecule has 2 heterocycles. The SMILES string of the molecule is CC(C(=O)N1CCC(C2CCNCC2)CC1)N(c1ccccc1)S(C)(=O)=O. The van der Waals surface area contributed by atoms with Gasteiger partial charge >= 0.3 is 0 Å². The van der Waals surface area contributed by atoms with Crippen LogP contribution < -0.4 is 9.62 Å². The molecule has 1 amide bonds. The zero-order chi connectivity index (χ0) is 19.4. The standard InChI is InChI=1S/C20H31N3O3S/c1-16(23(27(2,25)26)19-6-4-3-5-7-19)20(24)22-14-10-18(11-15-22)17-8-12-21-13-9-17/h3-7,16-18,21H,8-15H2,1-2H3. The first-order valence-electron chi connectivity index (χ1n) is 9.92. The summed E-state index contributed by atoms with van der Waals surface area (Å²) in [4.78, 5) is 14.9. The lowest BCUT2D eigenvalue weighted by molar-refractivity contribution is -0.133. The van der Waals surface area contributed by atoms with E-state index in [0.29, 0.717) is 11.6 Å². The Morgan fingerprint density at radius 3 is 2.19 bits per heavy atom. The second kappa shape index (κ2) is 8.61. The fourth-order valence-corrected chi connectivity index (χ4v) is 5.72. The van der Waals surface area contributed by atoms with Gasteiger partial charge < -0.3 is 10.2 Å². The summed E-state index contributed by atoms with van der Waals surface area (Å²) in [5, 5.41) is 3.41. The van der Waals surface area contributed by atoms with Crippen molar-refractivity contribution < 1.29 is 13.2 Å². The van der Waals surface area contributed by atoms with Crippen molar-refractivity contribution in [1.82, 2.24) is 10.2 Å². The van der Waals surface area contributed by atoms with E-state index < -0.39 is 16.1 Å².